The lowest BCUT2D eigenvalue weighted by atomic mass is 9.74. The van der Waals surface area contributed by atoms with Gasteiger partial charge in [0.25, 0.3) is 0 Å². The molecule has 0 aliphatic carbocycles. The van der Waals surface area contributed by atoms with Crippen LogP contribution in [0, 0.1) is 0 Å². The molecule has 0 bridgehead atoms. The van der Waals surface area contributed by atoms with Crippen LogP contribution in [0.2, 0.25) is 0 Å². The molecule has 1 aromatic carbocycles. The summed E-state index contributed by atoms with van der Waals surface area (Å²) in [5.41, 5.74) is 1.13. The molecule has 1 unspecified atom stereocenters. The van der Waals surface area contributed by atoms with Crippen molar-refractivity contribution < 1.29 is 19.0 Å². The van der Waals surface area contributed by atoms with Crippen LogP contribution in [-0.2, 0) is 19.7 Å². The lowest BCUT2D eigenvalue weighted by Gasteiger charge is -2.38. The molecule has 0 aromatic heterocycles. The van der Waals surface area contributed by atoms with E-state index in [1.807, 2.05) is 32.9 Å². The first-order valence-corrected chi connectivity index (χ1v) is 9.35. The number of carbonyl (C=O) groups excluding carboxylic acids is 1. The molecule has 5 heteroatoms. The molecule has 1 aliphatic rings. The maximum Gasteiger partial charge on any atom is 0.249 e. The second kappa shape index (κ2) is 9.78. The molecular weight excluding hydrogens is 318 g/mol. The van der Waals surface area contributed by atoms with E-state index < -0.39 is 0 Å². The average Bonchev–Trinajstić information content (AvgIpc) is 2.66. The zero-order valence-electron chi connectivity index (χ0n) is 15.7. The molecule has 1 aliphatic heterocycles. The summed E-state index contributed by atoms with van der Waals surface area (Å²) in [6.07, 6.45) is 2.10. The van der Waals surface area contributed by atoms with Gasteiger partial charge in [0.15, 0.2) is 0 Å². The highest BCUT2D eigenvalue weighted by Gasteiger charge is 2.35. The second-order valence-electron chi connectivity index (χ2n) is 6.42. The first-order valence-electron chi connectivity index (χ1n) is 9.35. The average molecular weight is 349 g/mol. The van der Waals surface area contributed by atoms with E-state index in [0.717, 1.165) is 18.6 Å². The topological polar surface area (TPSA) is 56.8 Å². The van der Waals surface area contributed by atoms with Crippen molar-refractivity contribution in [3.63, 3.8) is 0 Å². The molecule has 5 nitrogen and oxygen atoms in total. The first-order chi connectivity index (χ1) is 12.1. The molecule has 0 radical (unpaired) electrons. The summed E-state index contributed by atoms with van der Waals surface area (Å²) in [4.78, 5) is 12.4. The van der Waals surface area contributed by atoms with E-state index >= 15 is 0 Å². The Labute approximate surface area is 151 Å². The summed E-state index contributed by atoms with van der Waals surface area (Å²) in [6, 6.07) is 8.24. The largest absolute Gasteiger partial charge is 0.494 e. The van der Waals surface area contributed by atoms with Crippen molar-refractivity contribution in [2.24, 2.45) is 0 Å². The van der Waals surface area contributed by atoms with Gasteiger partial charge in [-0.15, -0.1) is 0 Å². The fourth-order valence-electron chi connectivity index (χ4n) is 3.35. The van der Waals surface area contributed by atoms with Gasteiger partial charge >= 0.3 is 0 Å². The van der Waals surface area contributed by atoms with Crippen LogP contribution < -0.4 is 10.1 Å². The Morgan fingerprint density at radius 2 is 1.84 bits per heavy atom. The van der Waals surface area contributed by atoms with Crippen molar-refractivity contribution in [3.05, 3.63) is 29.8 Å². The Bertz CT molecular complexity index is 523. The van der Waals surface area contributed by atoms with Crippen molar-refractivity contribution >= 4 is 5.91 Å². The number of ether oxygens (including phenoxy) is 3. The monoisotopic (exact) mass is 349 g/mol. The number of nitrogens with one attached hydrogen (secondary N) is 1. The highest BCUT2D eigenvalue weighted by Crippen LogP contribution is 2.35. The molecule has 1 heterocycles. The van der Waals surface area contributed by atoms with Crippen LogP contribution in [0.25, 0.3) is 0 Å². The van der Waals surface area contributed by atoms with Crippen LogP contribution in [0.15, 0.2) is 24.3 Å². The van der Waals surface area contributed by atoms with Gasteiger partial charge < -0.3 is 19.5 Å². The Morgan fingerprint density at radius 3 is 2.40 bits per heavy atom. The fraction of sp³-hybridized carbons (Fsp3) is 0.650. The minimum atomic E-state index is -0.373. The van der Waals surface area contributed by atoms with Gasteiger partial charge in [-0.1, -0.05) is 19.1 Å². The number of benzene rings is 1. The van der Waals surface area contributed by atoms with Gasteiger partial charge in [-0.05, 0) is 50.8 Å². The van der Waals surface area contributed by atoms with Gasteiger partial charge in [-0.2, -0.15) is 0 Å². The number of hydrogen-bond acceptors (Lipinski definition) is 4. The molecule has 2 rings (SSSR count). The van der Waals surface area contributed by atoms with E-state index in [9.17, 15) is 4.79 Å². The summed E-state index contributed by atoms with van der Waals surface area (Å²) < 4.78 is 16.6. The van der Waals surface area contributed by atoms with Crippen LogP contribution >= 0.6 is 0 Å². The summed E-state index contributed by atoms with van der Waals surface area (Å²) >= 11 is 0. The van der Waals surface area contributed by atoms with Gasteiger partial charge in [0.1, 0.15) is 11.9 Å². The van der Waals surface area contributed by atoms with Gasteiger partial charge in [0, 0.05) is 31.8 Å². The zero-order chi connectivity index (χ0) is 18.1. The third-order valence-corrected chi connectivity index (χ3v) is 4.86. The van der Waals surface area contributed by atoms with E-state index in [-0.39, 0.29) is 17.4 Å². The van der Waals surface area contributed by atoms with E-state index in [1.165, 1.54) is 5.56 Å². The maximum absolute atomic E-state index is 12.4. The standard InChI is InChI=1S/C20H31NO4/c1-4-18(25-6-3)19(22)21-15-20(11-13-23-14-12-20)16-7-9-17(10-8-16)24-5-2/h7-10,18H,4-6,11-15H2,1-3H3,(H,21,22). The lowest BCUT2D eigenvalue weighted by Crippen LogP contribution is -2.47. The Hall–Kier alpha value is -1.59. The number of rotatable bonds is 9. The van der Waals surface area contributed by atoms with Crippen molar-refractivity contribution in [2.75, 3.05) is 33.0 Å². The number of carbonyl (C=O) groups is 1. The highest BCUT2D eigenvalue weighted by molar-refractivity contribution is 5.80. The molecule has 1 N–H and O–H groups in total. The lowest BCUT2D eigenvalue weighted by molar-refractivity contribution is -0.133. The smallest absolute Gasteiger partial charge is 0.249 e. The summed E-state index contributed by atoms with van der Waals surface area (Å²) in [7, 11) is 0. The quantitative estimate of drug-likeness (QED) is 0.744. The van der Waals surface area contributed by atoms with Crippen molar-refractivity contribution in [2.45, 2.75) is 51.6 Å². The molecule has 1 atom stereocenters. The third-order valence-electron chi connectivity index (χ3n) is 4.86. The van der Waals surface area contributed by atoms with Crippen molar-refractivity contribution in [1.29, 1.82) is 0 Å². The molecule has 1 amide bonds. The van der Waals surface area contributed by atoms with Crippen molar-refractivity contribution in [1.82, 2.24) is 5.32 Å². The van der Waals surface area contributed by atoms with E-state index in [0.29, 0.717) is 39.4 Å². The third kappa shape index (κ3) is 5.19. The van der Waals surface area contributed by atoms with Crippen LogP contribution in [0.4, 0.5) is 0 Å². The minimum Gasteiger partial charge on any atom is -0.494 e. The highest BCUT2D eigenvalue weighted by atomic mass is 16.5. The Kier molecular flexibility index (Phi) is 7.72. The summed E-state index contributed by atoms with van der Waals surface area (Å²) in [6.45, 7) is 9.09. The number of hydrogen-bond donors (Lipinski definition) is 1. The van der Waals surface area contributed by atoms with E-state index in [1.54, 1.807) is 0 Å². The van der Waals surface area contributed by atoms with Gasteiger partial charge in [-0.3, -0.25) is 4.79 Å². The normalized spacial score (nSPS) is 17.7. The SMILES string of the molecule is CCOc1ccc(C2(CNC(=O)C(CC)OCC)CCOCC2)cc1. The van der Waals surface area contributed by atoms with E-state index in [2.05, 4.69) is 17.4 Å². The second-order valence-corrected chi connectivity index (χ2v) is 6.42. The van der Waals surface area contributed by atoms with Crippen molar-refractivity contribution in [3.8, 4) is 5.75 Å². The summed E-state index contributed by atoms with van der Waals surface area (Å²) in [5.74, 6) is 0.848. The molecule has 0 saturated carbocycles. The molecule has 0 spiro atoms. The molecular formula is C20H31NO4. The zero-order valence-corrected chi connectivity index (χ0v) is 15.7. The van der Waals surface area contributed by atoms with Crippen LogP contribution in [0.1, 0.15) is 45.6 Å². The van der Waals surface area contributed by atoms with Gasteiger partial charge in [0.05, 0.1) is 6.61 Å². The van der Waals surface area contributed by atoms with Crippen LogP contribution in [0.3, 0.4) is 0 Å². The predicted octanol–water partition coefficient (Wildman–Crippen LogP) is 3.06. The van der Waals surface area contributed by atoms with Gasteiger partial charge in [0.2, 0.25) is 5.91 Å². The molecule has 1 saturated heterocycles. The molecule has 1 aromatic rings. The van der Waals surface area contributed by atoms with E-state index in [4.69, 9.17) is 14.2 Å². The predicted molar refractivity (Wildman–Crippen MR) is 98.1 cm³/mol. The maximum atomic E-state index is 12.4. The Balaban J connectivity index is 2.10. The minimum absolute atomic E-state index is 0.0267. The number of amides is 1. The van der Waals surface area contributed by atoms with Gasteiger partial charge in [-0.25, -0.2) is 0 Å². The molecule has 1 fully saturated rings. The molecule has 25 heavy (non-hydrogen) atoms. The Morgan fingerprint density at radius 1 is 1.16 bits per heavy atom. The summed E-state index contributed by atoms with van der Waals surface area (Å²) in [5, 5.41) is 3.12. The first kappa shape index (κ1) is 19.7. The van der Waals surface area contributed by atoms with Crippen LogP contribution in [-0.4, -0.2) is 45.0 Å². The fourth-order valence-corrected chi connectivity index (χ4v) is 3.35. The molecule has 140 valence electrons. The van der Waals surface area contributed by atoms with Crippen LogP contribution in [0.5, 0.6) is 5.75 Å².